The van der Waals surface area contributed by atoms with E-state index >= 15 is 0 Å². The van der Waals surface area contributed by atoms with Gasteiger partial charge in [0.1, 0.15) is 10.7 Å². The first-order valence-electron chi connectivity index (χ1n) is 25.4. The Bertz CT molecular complexity index is 2470. The second kappa shape index (κ2) is 27.8. The van der Waals surface area contributed by atoms with Crippen LogP contribution in [0.2, 0.25) is 0 Å². The van der Waals surface area contributed by atoms with E-state index in [0.29, 0.717) is 17.1 Å². The Morgan fingerprint density at radius 2 is 1.36 bits per heavy atom. The molecule has 6 atom stereocenters. The molecule has 1 unspecified atom stereocenters. The van der Waals surface area contributed by atoms with E-state index < -0.39 is 83.4 Å². The summed E-state index contributed by atoms with van der Waals surface area (Å²) in [6.45, 7) is 15.6. The van der Waals surface area contributed by atoms with E-state index in [1.165, 1.54) is 25.3 Å². The third kappa shape index (κ3) is 17.7. The topological polar surface area (TPSA) is 274 Å². The molecule has 2 aliphatic heterocycles. The number of carbonyl (C=O) groups excluding carboxylic acids is 9. The summed E-state index contributed by atoms with van der Waals surface area (Å²) in [7, 11) is 5.73. The molecule has 5 N–H and O–H groups in total. The zero-order valence-corrected chi connectivity index (χ0v) is 45.8. The van der Waals surface area contributed by atoms with Gasteiger partial charge in [-0.3, -0.25) is 57.7 Å². The molecule has 0 saturated heterocycles. The summed E-state index contributed by atoms with van der Waals surface area (Å²) in [4.78, 5) is 138. The number of esters is 1. The average Bonchev–Trinajstić information content (AvgIpc) is 4.05. The lowest BCUT2D eigenvalue weighted by atomic mass is 9.92. The molecule has 1 aromatic carbocycles. The van der Waals surface area contributed by atoms with Gasteiger partial charge in [0.2, 0.25) is 17.7 Å². The highest BCUT2D eigenvalue weighted by Gasteiger charge is 2.36. The van der Waals surface area contributed by atoms with Gasteiger partial charge < -0.3 is 40.9 Å². The molecule has 4 rings (SSSR count). The van der Waals surface area contributed by atoms with Crippen molar-refractivity contribution in [2.75, 3.05) is 51.4 Å². The minimum Gasteiger partial charge on any atom is -0.481 e. The number of nitrogens with zero attached hydrogens (tertiary/aromatic N) is 5. The van der Waals surface area contributed by atoms with Crippen molar-refractivity contribution in [3.63, 3.8) is 0 Å². The highest BCUT2D eigenvalue weighted by Crippen LogP contribution is 2.32. The van der Waals surface area contributed by atoms with E-state index in [2.05, 4.69) is 45.0 Å². The largest absolute Gasteiger partial charge is 0.481 e. The molecule has 0 aliphatic carbocycles. The second-order valence-corrected chi connectivity index (χ2v) is 21.4. The predicted molar refractivity (Wildman–Crippen MR) is 282 cm³/mol. The lowest BCUT2D eigenvalue weighted by Crippen LogP contribution is -2.57. The predicted octanol–water partition coefficient (Wildman–Crippen LogP) is 4.70. The fraction of sp³-hybridized carbons (Fsp3) is 0.566. The van der Waals surface area contributed by atoms with Crippen LogP contribution in [0.5, 0.6) is 0 Å². The third-order valence-electron chi connectivity index (χ3n) is 13.7. The molecule has 410 valence electrons. The van der Waals surface area contributed by atoms with Gasteiger partial charge in [0, 0.05) is 100 Å². The van der Waals surface area contributed by atoms with Crippen molar-refractivity contribution in [1.29, 1.82) is 0 Å². The zero-order chi connectivity index (χ0) is 55.9. The highest BCUT2D eigenvalue weighted by atomic mass is 32.1. The minimum atomic E-state index is -1.10. The Morgan fingerprint density at radius 3 is 1.85 bits per heavy atom. The van der Waals surface area contributed by atoms with Gasteiger partial charge in [-0.15, -0.1) is 11.3 Å². The number of aromatic nitrogens is 1. The van der Waals surface area contributed by atoms with Crippen molar-refractivity contribution < 1.29 is 57.8 Å². The van der Waals surface area contributed by atoms with E-state index in [1.54, 1.807) is 24.1 Å². The van der Waals surface area contributed by atoms with Gasteiger partial charge in [0.05, 0.1) is 23.3 Å². The summed E-state index contributed by atoms with van der Waals surface area (Å²) in [5.74, 6) is -6.30. The molecule has 0 bridgehead atoms. The molecular formula is C53H75N9O12S. The Labute approximate surface area is 443 Å². The van der Waals surface area contributed by atoms with Gasteiger partial charge in [0.15, 0.2) is 6.10 Å². The lowest BCUT2D eigenvalue weighted by Gasteiger charge is -2.39. The van der Waals surface area contributed by atoms with Crippen LogP contribution < -0.4 is 21.3 Å². The molecular weight excluding hydrogens is 987 g/mol. The maximum Gasteiger partial charge on any atom is 0.306 e. The number of nitrogens with one attached hydrogen (secondary N) is 4. The number of benzene rings is 1. The Morgan fingerprint density at radius 1 is 0.813 bits per heavy atom. The van der Waals surface area contributed by atoms with Crippen LogP contribution in [0.4, 0.5) is 11.4 Å². The molecule has 0 radical (unpaired) electrons. The number of rotatable bonds is 30. The first-order chi connectivity index (χ1) is 35.2. The molecule has 2 aliphatic rings. The van der Waals surface area contributed by atoms with E-state index in [-0.39, 0.29) is 98.4 Å². The number of hydrogen-bond donors (Lipinski definition) is 5. The van der Waals surface area contributed by atoms with Crippen molar-refractivity contribution in [3.05, 3.63) is 64.1 Å². The van der Waals surface area contributed by atoms with E-state index in [4.69, 9.17) is 4.74 Å². The molecule has 2 aromatic rings. The summed E-state index contributed by atoms with van der Waals surface area (Å²) >= 11 is 1.11. The zero-order valence-electron chi connectivity index (χ0n) is 45.0. The maximum absolute atomic E-state index is 14.3. The number of imide groups is 2. The molecule has 1 aromatic heterocycles. The van der Waals surface area contributed by atoms with Gasteiger partial charge >= 0.3 is 11.9 Å². The highest BCUT2D eigenvalue weighted by molar-refractivity contribution is 7.09. The summed E-state index contributed by atoms with van der Waals surface area (Å²) in [6.07, 6.45) is 4.76. The van der Waals surface area contributed by atoms with Crippen molar-refractivity contribution >= 4 is 81.9 Å². The maximum atomic E-state index is 14.3. The normalized spacial score (nSPS) is 16.0. The van der Waals surface area contributed by atoms with E-state index in [1.807, 2.05) is 41.8 Å². The molecule has 0 spiro atoms. The van der Waals surface area contributed by atoms with Gasteiger partial charge in [0.25, 0.3) is 29.5 Å². The van der Waals surface area contributed by atoms with Crippen LogP contribution >= 0.6 is 11.3 Å². The standard InChI is InChI=1S/C53H75N9O12S/c1-12-32(4)48(54-30-53(7,8)59(9)10)51(71)60(11)40(31(2)3)28-41(74-34(6)63)50-58-39(29-75-50)49(70)55-36(25-33(5)52(72)73)26-35-17-18-37(56-42(64)15-13-23-61-44(66)19-20-45(61)67)38(27-35)57-43(65)16-14-24-62-46(68)21-22-47(62)69/h17-22,27,29,31-33,36,40-41,48,54H,12-16,23-26,28,30H2,1-11H3,(H,55,70)(H,56,64)(H,57,65)(H,72,73)/t32-,33?,36+,40+,41+,48-/m0/s1. The molecule has 0 saturated carbocycles. The van der Waals surface area contributed by atoms with Crippen LogP contribution in [0.25, 0.3) is 0 Å². The summed E-state index contributed by atoms with van der Waals surface area (Å²) in [5, 5.41) is 23.8. The van der Waals surface area contributed by atoms with Crippen LogP contribution in [-0.2, 0) is 54.3 Å². The third-order valence-corrected chi connectivity index (χ3v) is 14.7. The number of carboxylic acid groups (broad SMARTS) is 1. The lowest BCUT2D eigenvalue weighted by molar-refractivity contribution is -0.149. The van der Waals surface area contributed by atoms with E-state index in [9.17, 15) is 53.1 Å². The van der Waals surface area contributed by atoms with Crippen LogP contribution in [0.1, 0.15) is 127 Å². The number of likely N-dealkylation sites (N-methyl/N-ethyl adjacent to an activating group) is 2. The van der Waals surface area contributed by atoms with Gasteiger partial charge in [-0.1, -0.05) is 47.1 Å². The van der Waals surface area contributed by atoms with Crippen LogP contribution in [0.15, 0.2) is 47.9 Å². The Balaban J connectivity index is 1.56. The van der Waals surface area contributed by atoms with Crippen molar-refractivity contribution in [3.8, 4) is 0 Å². The molecule has 21 nitrogen and oxygen atoms in total. The van der Waals surface area contributed by atoms with Crippen LogP contribution in [-0.4, -0.2) is 153 Å². The summed E-state index contributed by atoms with van der Waals surface area (Å²) < 4.78 is 5.84. The Hall–Kier alpha value is -6.65. The number of hydrogen-bond acceptors (Lipinski definition) is 15. The van der Waals surface area contributed by atoms with Crippen molar-refractivity contribution in [2.45, 2.75) is 137 Å². The Kier molecular flexibility index (Phi) is 22.5. The fourth-order valence-electron chi connectivity index (χ4n) is 8.42. The number of ether oxygens (including phenoxy) is 1. The smallest absolute Gasteiger partial charge is 0.306 e. The molecule has 3 heterocycles. The quantitative estimate of drug-likeness (QED) is 0.0524. The molecule has 22 heteroatoms. The first kappa shape index (κ1) is 60.9. The van der Waals surface area contributed by atoms with Crippen LogP contribution in [0.3, 0.4) is 0 Å². The number of anilines is 2. The van der Waals surface area contributed by atoms with E-state index in [0.717, 1.165) is 51.9 Å². The van der Waals surface area contributed by atoms with Gasteiger partial charge in [-0.05, 0) is 83.2 Å². The fourth-order valence-corrected chi connectivity index (χ4v) is 9.26. The monoisotopic (exact) mass is 1060 g/mol. The van der Waals surface area contributed by atoms with Crippen LogP contribution in [0, 0.1) is 17.8 Å². The van der Waals surface area contributed by atoms with Crippen molar-refractivity contribution in [1.82, 2.24) is 35.2 Å². The summed E-state index contributed by atoms with van der Waals surface area (Å²) in [6, 6.07) is 3.06. The summed E-state index contributed by atoms with van der Waals surface area (Å²) in [5.41, 5.74) is 0.655. The number of carbonyl (C=O) groups is 10. The minimum absolute atomic E-state index is 0.00253. The number of carboxylic acids is 1. The molecule has 75 heavy (non-hydrogen) atoms. The van der Waals surface area contributed by atoms with Gasteiger partial charge in [-0.25, -0.2) is 4.98 Å². The number of aliphatic carboxylic acids is 1. The number of amides is 8. The second-order valence-electron chi connectivity index (χ2n) is 20.5. The van der Waals surface area contributed by atoms with Gasteiger partial charge in [-0.2, -0.15) is 0 Å². The molecule has 0 fully saturated rings. The molecule has 8 amide bonds. The number of thiazole rings is 1. The SMILES string of the molecule is CC[C@H](C)[C@H](NCC(C)(C)N(C)C)C(=O)N(C)[C@H](C[C@@H](OC(C)=O)c1nc(C(=O)N[C@@H](Cc2ccc(NC(=O)CCCN3C(=O)C=CC3=O)c(NC(=O)CCCN3C(=O)C=CC3=O)c2)CC(C)C(=O)O)cs1)C(C)C. The average molecular weight is 1060 g/mol. The van der Waals surface area contributed by atoms with Crippen molar-refractivity contribution in [2.24, 2.45) is 17.8 Å². The first-order valence-corrected chi connectivity index (χ1v) is 26.2.